The first-order valence-corrected chi connectivity index (χ1v) is 9.49. The number of benzene rings is 1. The molecule has 0 spiro atoms. The molecule has 0 amide bonds. The Morgan fingerprint density at radius 2 is 2.08 bits per heavy atom. The molecule has 0 aromatic heterocycles. The van der Waals surface area contributed by atoms with Gasteiger partial charge in [-0.25, -0.2) is 0 Å². The monoisotopic (exact) mass is 464 g/mol. The molecule has 0 unspecified atom stereocenters. The lowest BCUT2D eigenvalue weighted by Gasteiger charge is -2.47. The third-order valence-corrected chi connectivity index (χ3v) is 6.49. The van der Waals surface area contributed by atoms with Crippen LogP contribution >= 0.6 is 22.6 Å². The average molecular weight is 464 g/mol. The van der Waals surface area contributed by atoms with E-state index in [-0.39, 0.29) is 23.2 Å². The minimum absolute atomic E-state index is 0.0249. The largest absolute Gasteiger partial charge is 0.504 e. The molecule has 0 radical (unpaired) electrons. The van der Waals surface area contributed by atoms with Crippen LogP contribution in [0.15, 0.2) is 48.1 Å². The van der Waals surface area contributed by atoms with Crippen LogP contribution in [0.3, 0.4) is 0 Å². The second-order valence-electron chi connectivity index (χ2n) is 7.02. The lowest BCUT2D eigenvalue weighted by molar-refractivity contribution is -0.137. The molecule has 4 nitrogen and oxygen atoms in total. The van der Waals surface area contributed by atoms with E-state index < -0.39 is 11.3 Å². The Bertz CT molecular complexity index is 880. The summed E-state index contributed by atoms with van der Waals surface area (Å²) in [7, 11) is 1.49. The SMILES string of the molecule is C=CC1=CC[C@H]2C(=O)C(C)=CC(=O)[C@@]2(C)[C@H]1c1cc(I)c(O)c(OC)c1. The Kier molecular flexibility index (Phi) is 4.86. The van der Waals surface area contributed by atoms with Crippen LogP contribution in [-0.4, -0.2) is 23.8 Å². The molecule has 5 heteroatoms. The fourth-order valence-corrected chi connectivity index (χ4v) is 4.84. The molecule has 3 rings (SSSR count). The van der Waals surface area contributed by atoms with Gasteiger partial charge in [0, 0.05) is 11.8 Å². The van der Waals surface area contributed by atoms with Crippen molar-refractivity contribution in [3.63, 3.8) is 0 Å². The van der Waals surface area contributed by atoms with Gasteiger partial charge in [-0.3, -0.25) is 9.59 Å². The summed E-state index contributed by atoms with van der Waals surface area (Å²) in [6.45, 7) is 7.48. The van der Waals surface area contributed by atoms with Crippen LogP contribution in [-0.2, 0) is 9.59 Å². The number of hydrogen-bond acceptors (Lipinski definition) is 4. The van der Waals surface area contributed by atoms with Gasteiger partial charge in [0.05, 0.1) is 16.1 Å². The maximum Gasteiger partial charge on any atom is 0.171 e. The maximum absolute atomic E-state index is 13.1. The molecule has 26 heavy (non-hydrogen) atoms. The number of phenols is 1. The van der Waals surface area contributed by atoms with E-state index in [0.717, 1.165) is 11.1 Å². The van der Waals surface area contributed by atoms with Crippen molar-refractivity contribution < 1.29 is 19.4 Å². The summed E-state index contributed by atoms with van der Waals surface area (Å²) >= 11 is 2.04. The van der Waals surface area contributed by atoms with E-state index in [4.69, 9.17) is 4.74 Å². The zero-order valence-electron chi connectivity index (χ0n) is 15.0. The summed E-state index contributed by atoms with van der Waals surface area (Å²) in [4.78, 5) is 25.9. The summed E-state index contributed by atoms with van der Waals surface area (Å²) in [6.07, 6.45) is 5.75. The van der Waals surface area contributed by atoms with Crippen molar-refractivity contribution >= 4 is 34.2 Å². The predicted octanol–water partition coefficient (Wildman–Crippen LogP) is 4.33. The number of fused-ring (bicyclic) bond motifs is 1. The van der Waals surface area contributed by atoms with Crippen molar-refractivity contribution in [2.75, 3.05) is 7.11 Å². The summed E-state index contributed by atoms with van der Waals surface area (Å²) in [5.74, 6) is -0.327. The Morgan fingerprint density at radius 1 is 1.38 bits per heavy atom. The van der Waals surface area contributed by atoms with Crippen LogP contribution in [0.2, 0.25) is 0 Å². The second kappa shape index (κ2) is 6.68. The predicted molar refractivity (Wildman–Crippen MR) is 108 cm³/mol. The summed E-state index contributed by atoms with van der Waals surface area (Å²) in [5.41, 5.74) is 1.38. The zero-order chi connectivity index (χ0) is 19.2. The highest BCUT2D eigenvalue weighted by Crippen LogP contribution is 2.55. The minimum atomic E-state index is -0.889. The number of halogens is 1. The Hall–Kier alpha value is -1.89. The number of carbonyl (C=O) groups excluding carboxylic acids is 2. The van der Waals surface area contributed by atoms with Crippen molar-refractivity contribution in [3.8, 4) is 11.5 Å². The van der Waals surface area contributed by atoms with Crippen molar-refractivity contribution in [3.05, 3.63) is 57.2 Å². The highest BCUT2D eigenvalue weighted by atomic mass is 127. The van der Waals surface area contributed by atoms with E-state index >= 15 is 0 Å². The summed E-state index contributed by atoms with van der Waals surface area (Å²) in [6, 6.07) is 3.59. The van der Waals surface area contributed by atoms with Crippen LogP contribution in [0.1, 0.15) is 31.7 Å². The molecule has 0 heterocycles. The quantitative estimate of drug-likeness (QED) is 0.677. The zero-order valence-corrected chi connectivity index (χ0v) is 17.2. The van der Waals surface area contributed by atoms with Crippen molar-refractivity contribution in [2.24, 2.45) is 11.3 Å². The standard InChI is InChI=1S/C21H21IO4/c1-5-12-6-7-14-19(24)11(2)8-17(23)21(14,3)18(12)13-9-15(22)20(25)16(10-13)26-4/h5-6,8-10,14,18,25H,1,7H2,2-4H3/t14-,18+,21-/m0/s1. The third-order valence-electron chi connectivity index (χ3n) is 5.67. The van der Waals surface area contributed by atoms with Gasteiger partial charge in [-0.05, 0) is 70.9 Å². The molecule has 3 atom stereocenters. The average Bonchev–Trinajstić information content (AvgIpc) is 2.61. The number of allylic oxidation sites excluding steroid dienone is 5. The van der Waals surface area contributed by atoms with Gasteiger partial charge in [0.2, 0.25) is 0 Å². The minimum Gasteiger partial charge on any atom is -0.504 e. The molecule has 0 bridgehead atoms. The molecule has 0 aliphatic heterocycles. The van der Waals surface area contributed by atoms with Crippen molar-refractivity contribution in [2.45, 2.75) is 26.2 Å². The molecule has 0 saturated carbocycles. The molecule has 1 aromatic rings. The molecule has 2 aliphatic carbocycles. The van der Waals surface area contributed by atoms with E-state index in [1.807, 2.05) is 41.7 Å². The molecule has 1 N–H and O–H groups in total. The van der Waals surface area contributed by atoms with E-state index in [0.29, 0.717) is 21.3 Å². The fraction of sp³-hybridized carbons (Fsp3) is 0.333. The highest BCUT2D eigenvalue weighted by Gasteiger charge is 2.54. The number of carbonyl (C=O) groups is 2. The van der Waals surface area contributed by atoms with Crippen LogP contribution < -0.4 is 4.74 Å². The maximum atomic E-state index is 13.1. The molecule has 136 valence electrons. The number of phenolic OH excluding ortho intramolecular Hbond substituents is 1. The number of rotatable bonds is 3. The van der Waals surface area contributed by atoms with Crippen LogP contribution in [0.5, 0.6) is 11.5 Å². The molecular formula is C21H21IO4. The lowest BCUT2D eigenvalue weighted by atomic mass is 9.53. The van der Waals surface area contributed by atoms with Crippen LogP contribution in [0.4, 0.5) is 0 Å². The lowest BCUT2D eigenvalue weighted by Crippen LogP contribution is -2.49. The highest BCUT2D eigenvalue weighted by molar-refractivity contribution is 14.1. The van der Waals surface area contributed by atoms with Gasteiger partial charge in [-0.15, -0.1) is 0 Å². The first-order chi connectivity index (χ1) is 12.2. The third kappa shape index (κ3) is 2.64. The first-order valence-electron chi connectivity index (χ1n) is 8.41. The van der Waals surface area contributed by atoms with E-state index in [2.05, 4.69) is 6.58 Å². The summed E-state index contributed by atoms with van der Waals surface area (Å²) < 4.78 is 5.93. The van der Waals surface area contributed by atoms with E-state index in [1.54, 1.807) is 19.1 Å². The van der Waals surface area contributed by atoms with Gasteiger partial charge in [0.1, 0.15) is 0 Å². The van der Waals surface area contributed by atoms with Gasteiger partial charge in [-0.1, -0.05) is 25.7 Å². The smallest absolute Gasteiger partial charge is 0.171 e. The first kappa shape index (κ1) is 18.9. The fourth-order valence-electron chi connectivity index (χ4n) is 4.21. The molecule has 0 fully saturated rings. The van der Waals surface area contributed by atoms with Crippen LogP contribution in [0.25, 0.3) is 0 Å². The Morgan fingerprint density at radius 3 is 2.69 bits per heavy atom. The van der Waals surface area contributed by atoms with E-state index in [1.165, 1.54) is 13.2 Å². The Balaban J connectivity index is 2.26. The number of ketones is 2. The van der Waals surface area contributed by atoms with Gasteiger partial charge in [-0.2, -0.15) is 0 Å². The number of Topliss-reactive ketones (excluding diaryl/α,β-unsaturated/α-hetero) is 1. The number of ether oxygens (including phenoxy) is 1. The second-order valence-corrected chi connectivity index (χ2v) is 8.18. The molecule has 1 aromatic carbocycles. The molecular weight excluding hydrogens is 443 g/mol. The van der Waals surface area contributed by atoms with Gasteiger partial charge in [0.25, 0.3) is 0 Å². The molecule has 2 aliphatic rings. The number of aromatic hydroxyl groups is 1. The molecule has 0 saturated heterocycles. The van der Waals surface area contributed by atoms with Crippen molar-refractivity contribution in [1.82, 2.24) is 0 Å². The number of hydrogen-bond donors (Lipinski definition) is 1. The normalized spacial score (nSPS) is 28.2. The van der Waals surface area contributed by atoms with Gasteiger partial charge >= 0.3 is 0 Å². The van der Waals surface area contributed by atoms with E-state index in [9.17, 15) is 14.7 Å². The van der Waals surface area contributed by atoms with Gasteiger partial charge in [0.15, 0.2) is 23.1 Å². The Labute approximate surface area is 166 Å². The topological polar surface area (TPSA) is 63.6 Å². The van der Waals surface area contributed by atoms with Crippen LogP contribution in [0, 0.1) is 14.9 Å². The van der Waals surface area contributed by atoms with Gasteiger partial charge < -0.3 is 9.84 Å². The van der Waals surface area contributed by atoms with Crippen molar-refractivity contribution in [1.29, 1.82) is 0 Å². The summed E-state index contributed by atoms with van der Waals surface area (Å²) in [5, 5.41) is 10.2. The number of methoxy groups -OCH3 is 1.